The molecule has 0 amide bonds. The second-order valence-corrected chi connectivity index (χ2v) is 2.20. The van der Waals surface area contributed by atoms with E-state index in [2.05, 4.69) is 17.1 Å². The molecule has 0 fully saturated rings. The van der Waals surface area contributed by atoms with Crippen LogP contribution < -0.4 is 0 Å². The van der Waals surface area contributed by atoms with E-state index in [0.29, 0.717) is 0 Å². The number of nitrogens with zero attached hydrogens (tertiary/aromatic N) is 1. The van der Waals surface area contributed by atoms with Crippen molar-refractivity contribution in [2.75, 3.05) is 0 Å². The summed E-state index contributed by atoms with van der Waals surface area (Å²) >= 11 is 0. The molecule has 1 aromatic heterocycles. The molecule has 0 unspecified atom stereocenters. The summed E-state index contributed by atoms with van der Waals surface area (Å²) in [6, 6.07) is 12.1. The van der Waals surface area contributed by atoms with Gasteiger partial charge < -0.3 is 0 Å². The summed E-state index contributed by atoms with van der Waals surface area (Å²) < 4.78 is 0. The van der Waals surface area contributed by atoms with Crippen molar-refractivity contribution < 1.29 is 0 Å². The molecule has 0 spiro atoms. The van der Waals surface area contributed by atoms with Gasteiger partial charge in [-0.15, -0.1) is 12.4 Å². The Kier molecular flexibility index (Phi) is 5.51. The van der Waals surface area contributed by atoms with Crippen LogP contribution in [0.1, 0.15) is 0 Å². The standard InChI is InChI=1S/C9H7N.ClH.Na.H/c1-2-6-9-8(4-1)5-3-7-10-9;;;/h1-7H;1H;;. The topological polar surface area (TPSA) is 12.9 Å². The van der Waals surface area contributed by atoms with E-state index >= 15 is 0 Å². The molecule has 0 N–H and O–H groups in total. The number of fused-ring (bicyclic) bond motifs is 1. The summed E-state index contributed by atoms with van der Waals surface area (Å²) in [6.07, 6.45) is 1.81. The summed E-state index contributed by atoms with van der Waals surface area (Å²) in [7, 11) is 0. The minimum atomic E-state index is 0. The molecule has 0 saturated heterocycles. The second-order valence-electron chi connectivity index (χ2n) is 2.20. The van der Waals surface area contributed by atoms with E-state index in [9.17, 15) is 0 Å². The van der Waals surface area contributed by atoms with E-state index in [1.165, 1.54) is 5.39 Å². The van der Waals surface area contributed by atoms with Gasteiger partial charge in [0.25, 0.3) is 0 Å². The van der Waals surface area contributed by atoms with Gasteiger partial charge in [-0.25, -0.2) is 0 Å². The fourth-order valence-electron chi connectivity index (χ4n) is 1.02. The fourth-order valence-corrected chi connectivity index (χ4v) is 1.02. The van der Waals surface area contributed by atoms with Crippen LogP contribution in [0.25, 0.3) is 10.9 Å². The number of hydrogen-bond donors (Lipinski definition) is 0. The van der Waals surface area contributed by atoms with Crippen molar-refractivity contribution in [1.29, 1.82) is 0 Å². The van der Waals surface area contributed by atoms with E-state index < -0.39 is 0 Å². The number of pyridine rings is 1. The Hall–Kier alpha value is -0.0800. The number of halogens is 1. The third-order valence-corrected chi connectivity index (χ3v) is 1.51. The molecule has 1 aromatic carbocycles. The van der Waals surface area contributed by atoms with Crippen molar-refractivity contribution in [3.63, 3.8) is 0 Å². The summed E-state index contributed by atoms with van der Waals surface area (Å²) in [5.41, 5.74) is 1.06. The van der Waals surface area contributed by atoms with E-state index in [-0.39, 0.29) is 42.0 Å². The van der Waals surface area contributed by atoms with Crippen LogP contribution in [0.3, 0.4) is 0 Å². The van der Waals surface area contributed by atoms with Gasteiger partial charge in [-0.1, -0.05) is 24.3 Å². The van der Waals surface area contributed by atoms with Gasteiger partial charge in [0.2, 0.25) is 0 Å². The Bertz CT molecular complexity index is 286. The maximum Gasteiger partial charge on any atom is 0.0701 e. The Labute approximate surface area is 99.9 Å². The third kappa shape index (κ3) is 2.46. The van der Waals surface area contributed by atoms with Gasteiger partial charge in [0.05, 0.1) is 5.52 Å². The second kappa shape index (κ2) is 5.55. The maximum absolute atomic E-state index is 4.18. The van der Waals surface area contributed by atoms with Gasteiger partial charge in [0, 0.05) is 11.6 Å². The van der Waals surface area contributed by atoms with E-state index in [1.807, 2.05) is 30.5 Å². The molecule has 0 radical (unpaired) electrons. The van der Waals surface area contributed by atoms with Crippen LogP contribution >= 0.6 is 12.4 Å². The Balaban J connectivity index is 0.000000605. The van der Waals surface area contributed by atoms with Crippen LogP contribution in [0.4, 0.5) is 0 Å². The molecule has 0 saturated carbocycles. The van der Waals surface area contributed by atoms with E-state index in [0.717, 1.165) is 5.52 Å². The average Bonchev–Trinajstić information content (AvgIpc) is 2.05. The van der Waals surface area contributed by atoms with Gasteiger partial charge in [-0.05, 0) is 12.1 Å². The largest absolute Gasteiger partial charge is 0.256 e. The first-order valence-electron chi connectivity index (χ1n) is 3.26. The van der Waals surface area contributed by atoms with Crippen LogP contribution in [-0.2, 0) is 0 Å². The fraction of sp³-hybridized carbons (Fsp3) is 0. The summed E-state index contributed by atoms with van der Waals surface area (Å²) in [5.74, 6) is 0. The molecule has 12 heavy (non-hydrogen) atoms. The minimum absolute atomic E-state index is 0. The minimum Gasteiger partial charge on any atom is -0.256 e. The first-order valence-corrected chi connectivity index (χ1v) is 3.26. The summed E-state index contributed by atoms with van der Waals surface area (Å²) in [4.78, 5) is 4.18. The van der Waals surface area contributed by atoms with Crippen LogP contribution in [0.2, 0.25) is 0 Å². The monoisotopic (exact) mass is 189 g/mol. The molecule has 2 aromatic rings. The molecule has 0 bridgehead atoms. The molecule has 0 atom stereocenters. The Morgan fingerprint density at radius 1 is 0.917 bits per heavy atom. The number of para-hydroxylation sites is 1. The zero-order valence-electron chi connectivity index (χ0n) is 5.90. The molecule has 0 aliphatic carbocycles. The average molecular weight is 190 g/mol. The normalized spacial score (nSPS) is 8.33. The molecule has 0 aliphatic rings. The Morgan fingerprint density at radius 3 is 2.33 bits per heavy atom. The predicted molar refractivity (Wildman–Crippen MR) is 56.1 cm³/mol. The zero-order chi connectivity index (χ0) is 6.81. The number of aromatic nitrogens is 1. The smallest absolute Gasteiger partial charge is 0.0701 e. The molecule has 0 aliphatic heterocycles. The van der Waals surface area contributed by atoms with Gasteiger partial charge in [-0.3, -0.25) is 4.98 Å². The molecule has 1 heterocycles. The van der Waals surface area contributed by atoms with Crippen LogP contribution in [0.5, 0.6) is 0 Å². The van der Waals surface area contributed by atoms with Crippen LogP contribution in [-0.4, -0.2) is 34.5 Å². The van der Waals surface area contributed by atoms with Crippen molar-refractivity contribution in [2.45, 2.75) is 0 Å². The molecule has 2 rings (SSSR count). The summed E-state index contributed by atoms with van der Waals surface area (Å²) in [6.45, 7) is 0. The molecule has 58 valence electrons. The van der Waals surface area contributed by atoms with Gasteiger partial charge in [-0.2, -0.15) is 0 Å². The molecular weight excluding hydrogens is 181 g/mol. The molecular formula is C9H9ClNNa. The quantitative estimate of drug-likeness (QED) is 0.578. The van der Waals surface area contributed by atoms with E-state index in [1.54, 1.807) is 0 Å². The van der Waals surface area contributed by atoms with Crippen LogP contribution in [0, 0.1) is 0 Å². The molecule has 1 nitrogen and oxygen atoms in total. The summed E-state index contributed by atoms with van der Waals surface area (Å²) in [5, 5.41) is 1.20. The van der Waals surface area contributed by atoms with Crippen molar-refractivity contribution in [2.24, 2.45) is 0 Å². The third-order valence-electron chi connectivity index (χ3n) is 1.51. The maximum atomic E-state index is 4.18. The number of rotatable bonds is 0. The first-order chi connectivity index (χ1) is 4.97. The zero-order valence-corrected chi connectivity index (χ0v) is 6.71. The number of hydrogen-bond acceptors (Lipinski definition) is 1. The van der Waals surface area contributed by atoms with Crippen LogP contribution in [0.15, 0.2) is 42.6 Å². The number of benzene rings is 1. The van der Waals surface area contributed by atoms with Gasteiger partial charge >= 0.3 is 29.6 Å². The SMILES string of the molecule is Cl.[NaH].c1ccc2ncccc2c1. The van der Waals surface area contributed by atoms with Gasteiger partial charge in [0.15, 0.2) is 0 Å². The molecule has 3 heteroatoms. The van der Waals surface area contributed by atoms with Crippen molar-refractivity contribution in [3.05, 3.63) is 42.6 Å². The van der Waals surface area contributed by atoms with Gasteiger partial charge in [0.1, 0.15) is 0 Å². The van der Waals surface area contributed by atoms with Crippen molar-refractivity contribution in [1.82, 2.24) is 4.98 Å². The van der Waals surface area contributed by atoms with Crippen molar-refractivity contribution >= 4 is 52.9 Å². The Morgan fingerprint density at radius 2 is 1.58 bits per heavy atom. The predicted octanol–water partition coefficient (Wildman–Crippen LogP) is 2.01. The van der Waals surface area contributed by atoms with E-state index in [4.69, 9.17) is 0 Å². The van der Waals surface area contributed by atoms with Crippen molar-refractivity contribution in [3.8, 4) is 0 Å². The first kappa shape index (κ1) is 11.9.